The molecule has 6 atom stereocenters. The molecule has 0 spiro atoms. The molecule has 3 aromatic rings. The molecule has 0 bridgehead atoms. The molecule has 2 aromatic heterocycles. The number of hydrogen-bond donors (Lipinski definition) is 7. The van der Waals surface area contributed by atoms with E-state index in [1.54, 1.807) is 0 Å². The van der Waals surface area contributed by atoms with Crippen LogP contribution in [-0.4, -0.2) is 80.1 Å². The number of fused-ring (bicyclic) bond motifs is 1. The molecule has 7 N–H and O–H groups in total. The Kier molecular flexibility index (Phi) is 8.66. The molecule has 1 aromatic carbocycles. The lowest BCUT2D eigenvalue weighted by Crippen LogP contribution is -2.33. The number of halogens is 1. The number of anilines is 1. The number of aromatic nitrogens is 4. The van der Waals surface area contributed by atoms with Gasteiger partial charge in [-0.1, -0.05) is 0 Å². The summed E-state index contributed by atoms with van der Waals surface area (Å²) in [4.78, 5) is 60.5. The number of aliphatic hydroxyl groups excluding tert-OH is 2. The number of nitrogens with zero attached hydrogens (tertiary/aromatic N) is 4. The summed E-state index contributed by atoms with van der Waals surface area (Å²) in [6.07, 6.45) is -4.29. The maximum Gasteiger partial charge on any atom is 0.490 e. The van der Waals surface area contributed by atoms with Gasteiger partial charge in [0, 0.05) is 5.56 Å². The quantitative estimate of drug-likeness (QED) is 0.147. The Morgan fingerprint density at radius 2 is 1.68 bits per heavy atom. The summed E-state index contributed by atoms with van der Waals surface area (Å²) in [5.41, 5.74) is 0.151. The SMILES string of the molecule is O=C(Nc1ncnc2c1ncn2[C@@H]1O[C@H](COP(=O)(O)OP(=O)(O)OP(=O)(O)O)[C@@H](O)[C@H]1O)c1ccc(F)cc1. The number of phosphoric acid groups is 3. The minimum Gasteiger partial charge on any atom is -0.387 e. The number of imidazole rings is 1. The second-order valence-corrected chi connectivity index (χ2v) is 12.4. The summed E-state index contributed by atoms with van der Waals surface area (Å²) in [7, 11) is -16.9. The van der Waals surface area contributed by atoms with Gasteiger partial charge in [-0.2, -0.15) is 8.62 Å². The number of carbonyl (C=O) groups excluding carboxylic acids is 1. The summed E-state index contributed by atoms with van der Waals surface area (Å²) in [6.45, 7) is -1.03. The van der Waals surface area contributed by atoms with Gasteiger partial charge in [0.1, 0.15) is 30.5 Å². The molecule has 218 valence electrons. The number of nitrogens with one attached hydrogen (secondary N) is 1. The molecule has 3 heterocycles. The molecule has 1 amide bonds. The van der Waals surface area contributed by atoms with E-state index in [2.05, 4.69) is 33.4 Å². The van der Waals surface area contributed by atoms with Gasteiger partial charge < -0.3 is 39.8 Å². The minimum absolute atomic E-state index is 0.00851. The highest BCUT2D eigenvalue weighted by Gasteiger charge is 2.47. The van der Waals surface area contributed by atoms with Crippen LogP contribution in [0.15, 0.2) is 36.9 Å². The number of hydrogen-bond acceptors (Lipinski definition) is 13. The Hall–Kier alpha value is -2.54. The third kappa shape index (κ3) is 7.20. The maximum absolute atomic E-state index is 13.1. The van der Waals surface area contributed by atoms with Crippen molar-refractivity contribution in [2.24, 2.45) is 0 Å². The Labute approximate surface area is 221 Å². The fourth-order valence-electron chi connectivity index (χ4n) is 3.48. The first-order valence-corrected chi connectivity index (χ1v) is 15.1. The second kappa shape index (κ2) is 11.4. The van der Waals surface area contributed by atoms with Gasteiger partial charge in [-0.25, -0.2) is 33.0 Å². The summed E-state index contributed by atoms with van der Waals surface area (Å²) in [6, 6.07) is 4.66. The Balaban J connectivity index is 1.47. The lowest BCUT2D eigenvalue weighted by Gasteiger charge is -2.19. The van der Waals surface area contributed by atoms with Crippen LogP contribution >= 0.6 is 23.5 Å². The van der Waals surface area contributed by atoms with Crippen molar-refractivity contribution < 1.29 is 70.5 Å². The highest BCUT2D eigenvalue weighted by Crippen LogP contribution is 2.66. The van der Waals surface area contributed by atoms with Crippen molar-refractivity contribution in [2.75, 3.05) is 11.9 Å². The highest BCUT2D eigenvalue weighted by atomic mass is 31.3. The van der Waals surface area contributed by atoms with E-state index in [1.165, 1.54) is 12.1 Å². The molecule has 0 saturated carbocycles. The molecule has 4 rings (SSSR count). The molecule has 19 nitrogen and oxygen atoms in total. The molecular weight excluding hydrogens is 610 g/mol. The van der Waals surface area contributed by atoms with Crippen molar-refractivity contribution >= 4 is 46.4 Å². The topological polar surface area (TPSA) is 282 Å². The summed E-state index contributed by atoms with van der Waals surface area (Å²) in [5.74, 6) is -1.25. The van der Waals surface area contributed by atoms with E-state index in [0.717, 1.165) is 29.4 Å². The normalized spacial score (nSPS) is 24.5. The first kappa shape index (κ1) is 30.4. The second-order valence-electron chi connectivity index (χ2n) is 7.94. The van der Waals surface area contributed by atoms with Crippen LogP contribution in [0.3, 0.4) is 0 Å². The van der Waals surface area contributed by atoms with Crippen LogP contribution < -0.4 is 5.32 Å². The zero-order chi connectivity index (χ0) is 29.5. The average molecular weight is 629 g/mol. The number of ether oxygens (including phenoxy) is 1. The smallest absolute Gasteiger partial charge is 0.387 e. The Morgan fingerprint density at radius 3 is 2.33 bits per heavy atom. The first-order valence-electron chi connectivity index (χ1n) is 10.6. The van der Waals surface area contributed by atoms with E-state index < -0.39 is 66.3 Å². The monoisotopic (exact) mass is 629 g/mol. The van der Waals surface area contributed by atoms with E-state index in [1.807, 2.05) is 0 Å². The van der Waals surface area contributed by atoms with Crippen LogP contribution in [0.5, 0.6) is 0 Å². The fourth-order valence-corrected chi connectivity index (χ4v) is 6.51. The summed E-state index contributed by atoms with van der Waals surface area (Å²) < 4.78 is 65.5. The third-order valence-corrected chi connectivity index (χ3v) is 8.93. The van der Waals surface area contributed by atoms with Crippen LogP contribution in [0.1, 0.15) is 16.6 Å². The van der Waals surface area contributed by atoms with Crippen LogP contribution in [0.25, 0.3) is 11.2 Å². The predicted octanol–water partition coefficient (Wildman–Crippen LogP) is 0.180. The van der Waals surface area contributed by atoms with Gasteiger partial charge in [-0.05, 0) is 24.3 Å². The number of phosphoric ester groups is 1. The number of benzene rings is 1. The molecule has 1 saturated heterocycles. The van der Waals surface area contributed by atoms with Crippen LogP contribution in [0, 0.1) is 5.82 Å². The van der Waals surface area contributed by atoms with E-state index in [9.17, 15) is 42.9 Å². The zero-order valence-electron chi connectivity index (χ0n) is 19.4. The van der Waals surface area contributed by atoms with Crippen molar-refractivity contribution in [1.82, 2.24) is 19.5 Å². The predicted molar refractivity (Wildman–Crippen MR) is 125 cm³/mol. The van der Waals surface area contributed by atoms with Gasteiger partial charge in [-0.15, -0.1) is 0 Å². The van der Waals surface area contributed by atoms with Crippen molar-refractivity contribution in [3.63, 3.8) is 0 Å². The summed E-state index contributed by atoms with van der Waals surface area (Å²) >= 11 is 0. The van der Waals surface area contributed by atoms with E-state index >= 15 is 0 Å². The molecule has 0 aliphatic carbocycles. The summed E-state index contributed by atoms with van der Waals surface area (Å²) in [5, 5.41) is 23.3. The molecule has 0 radical (unpaired) electrons. The minimum atomic E-state index is -5.77. The van der Waals surface area contributed by atoms with Crippen molar-refractivity contribution in [3.05, 3.63) is 48.3 Å². The number of rotatable bonds is 10. The van der Waals surface area contributed by atoms with E-state index in [0.29, 0.717) is 0 Å². The number of amides is 1. The standard InChI is InChI=1S/C17H19FN5O14P3/c18-9-3-1-8(2-4-9)16(26)22-14-11-15(20-6-19-14)23(7-21-11)17-13(25)12(24)10(35-17)5-34-39(30,31)37-40(32,33)36-38(27,28)29/h1-4,6-7,10,12-13,17,24-25H,5H2,(H,30,31)(H,32,33)(H2,27,28,29)(H,19,20,22,26)/t10-,12-,13-,17-/m1/s1. The molecule has 2 unspecified atom stereocenters. The Bertz CT molecular complexity index is 1550. The number of aliphatic hydroxyl groups is 2. The number of carbonyl (C=O) groups is 1. The fraction of sp³-hybridized carbons (Fsp3) is 0.294. The van der Waals surface area contributed by atoms with E-state index in [4.69, 9.17) is 14.5 Å². The zero-order valence-corrected chi connectivity index (χ0v) is 22.1. The van der Waals surface area contributed by atoms with Gasteiger partial charge >= 0.3 is 23.5 Å². The van der Waals surface area contributed by atoms with Gasteiger partial charge in [0.15, 0.2) is 23.2 Å². The maximum atomic E-state index is 13.1. The molecular formula is C17H19FN5O14P3. The van der Waals surface area contributed by atoms with Gasteiger partial charge in [0.05, 0.1) is 12.9 Å². The Morgan fingerprint density at radius 1 is 1.00 bits per heavy atom. The van der Waals surface area contributed by atoms with Crippen LogP contribution in [0.2, 0.25) is 0 Å². The molecule has 1 aliphatic heterocycles. The molecule has 23 heteroatoms. The molecule has 40 heavy (non-hydrogen) atoms. The lowest BCUT2D eigenvalue weighted by atomic mass is 10.1. The van der Waals surface area contributed by atoms with Crippen molar-refractivity contribution in [2.45, 2.75) is 24.5 Å². The van der Waals surface area contributed by atoms with Crippen molar-refractivity contribution in [1.29, 1.82) is 0 Å². The van der Waals surface area contributed by atoms with Crippen LogP contribution in [-0.2, 0) is 31.6 Å². The van der Waals surface area contributed by atoms with Crippen LogP contribution in [0.4, 0.5) is 10.2 Å². The average Bonchev–Trinajstić information content (AvgIpc) is 3.37. The van der Waals surface area contributed by atoms with E-state index in [-0.39, 0.29) is 22.5 Å². The van der Waals surface area contributed by atoms with Crippen molar-refractivity contribution in [3.8, 4) is 0 Å². The largest absolute Gasteiger partial charge is 0.490 e. The lowest BCUT2D eigenvalue weighted by molar-refractivity contribution is -0.0503. The third-order valence-electron chi connectivity index (χ3n) is 5.13. The van der Waals surface area contributed by atoms with Gasteiger partial charge in [-0.3, -0.25) is 13.9 Å². The molecule has 1 aliphatic rings. The highest BCUT2D eigenvalue weighted by molar-refractivity contribution is 7.66. The van der Waals surface area contributed by atoms with Gasteiger partial charge in [0.25, 0.3) is 5.91 Å². The first-order chi connectivity index (χ1) is 18.6. The molecule has 1 fully saturated rings. The van der Waals surface area contributed by atoms with Gasteiger partial charge in [0.2, 0.25) is 0 Å².